The minimum atomic E-state index is -0.752. The van der Waals surface area contributed by atoms with Crippen molar-refractivity contribution >= 4 is 23.4 Å². The van der Waals surface area contributed by atoms with E-state index in [1.54, 1.807) is 6.07 Å². The maximum Gasteiger partial charge on any atom is 0.308 e. The van der Waals surface area contributed by atoms with E-state index in [1.807, 2.05) is 4.90 Å². The summed E-state index contributed by atoms with van der Waals surface area (Å²) in [5, 5.41) is 9.22. The fourth-order valence-corrected chi connectivity index (χ4v) is 1.81. The Morgan fingerprint density at radius 2 is 2.40 bits per heavy atom. The van der Waals surface area contributed by atoms with Gasteiger partial charge < -0.3 is 10.0 Å². The third kappa shape index (κ3) is 2.18. The molecule has 1 aliphatic heterocycles. The van der Waals surface area contributed by atoms with Crippen LogP contribution in [0.25, 0.3) is 0 Å². The van der Waals surface area contributed by atoms with E-state index in [1.165, 1.54) is 6.33 Å². The van der Waals surface area contributed by atoms with Crippen LogP contribution in [0.4, 0.5) is 5.82 Å². The van der Waals surface area contributed by atoms with Crippen molar-refractivity contribution in [2.75, 3.05) is 18.0 Å². The fourth-order valence-electron chi connectivity index (χ4n) is 1.67. The van der Waals surface area contributed by atoms with Crippen molar-refractivity contribution in [1.82, 2.24) is 9.97 Å². The highest BCUT2D eigenvalue weighted by atomic mass is 35.5. The van der Waals surface area contributed by atoms with Crippen molar-refractivity contribution < 1.29 is 9.90 Å². The van der Waals surface area contributed by atoms with Crippen molar-refractivity contribution in [3.05, 3.63) is 17.5 Å². The molecule has 1 atom stereocenters. The van der Waals surface area contributed by atoms with E-state index in [0.29, 0.717) is 30.5 Å². The number of carboxylic acid groups (broad SMARTS) is 1. The van der Waals surface area contributed by atoms with Crippen molar-refractivity contribution in [1.29, 1.82) is 0 Å². The lowest BCUT2D eigenvalue weighted by Crippen LogP contribution is -2.23. The molecule has 1 saturated heterocycles. The van der Waals surface area contributed by atoms with Crippen LogP contribution in [0.3, 0.4) is 0 Å². The van der Waals surface area contributed by atoms with E-state index >= 15 is 0 Å². The number of aromatic nitrogens is 2. The van der Waals surface area contributed by atoms with E-state index < -0.39 is 5.97 Å². The zero-order valence-electron chi connectivity index (χ0n) is 7.93. The Morgan fingerprint density at radius 3 is 3.00 bits per heavy atom. The van der Waals surface area contributed by atoms with Gasteiger partial charge in [0.05, 0.1) is 5.92 Å². The van der Waals surface area contributed by atoms with Crippen LogP contribution in [0.15, 0.2) is 12.4 Å². The van der Waals surface area contributed by atoms with Gasteiger partial charge in [-0.1, -0.05) is 11.6 Å². The maximum atomic E-state index is 10.8. The molecule has 1 aromatic heterocycles. The van der Waals surface area contributed by atoms with Gasteiger partial charge in [-0.15, -0.1) is 0 Å². The first-order valence-corrected chi connectivity index (χ1v) is 5.00. The van der Waals surface area contributed by atoms with Crippen LogP contribution in [0, 0.1) is 5.92 Å². The second kappa shape index (κ2) is 4.02. The van der Waals surface area contributed by atoms with Gasteiger partial charge in [-0.25, -0.2) is 9.97 Å². The molecule has 1 N–H and O–H groups in total. The second-order valence-electron chi connectivity index (χ2n) is 3.47. The van der Waals surface area contributed by atoms with Gasteiger partial charge in [0.15, 0.2) is 0 Å². The summed E-state index contributed by atoms with van der Waals surface area (Å²) in [7, 11) is 0. The summed E-state index contributed by atoms with van der Waals surface area (Å²) < 4.78 is 0. The summed E-state index contributed by atoms with van der Waals surface area (Å²) in [6.45, 7) is 1.19. The third-order valence-corrected chi connectivity index (χ3v) is 2.69. The standard InChI is InChI=1S/C9H10ClN3O2/c10-7-3-8(12-5-11-7)13-2-1-6(4-13)9(14)15/h3,5-6H,1-2,4H2,(H,14,15). The van der Waals surface area contributed by atoms with Gasteiger partial charge in [-0.2, -0.15) is 0 Å². The molecule has 80 valence electrons. The molecule has 1 unspecified atom stereocenters. The van der Waals surface area contributed by atoms with E-state index in [0.717, 1.165) is 0 Å². The van der Waals surface area contributed by atoms with Gasteiger partial charge in [0.1, 0.15) is 17.3 Å². The first-order chi connectivity index (χ1) is 7.16. The number of halogens is 1. The van der Waals surface area contributed by atoms with E-state index in [2.05, 4.69) is 9.97 Å². The zero-order valence-corrected chi connectivity index (χ0v) is 8.68. The molecule has 2 heterocycles. The predicted octanol–water partition coefficient (Wildman–Crippen LogP) is 1.04. The number of hydrogen-bond acceptors (Lipinski definition) is 4. The average Bonchev–Trinajstić information content (AvgIpc) is 2.66. The molecular formula is C9H10ClN3O2. The van der Waals surface area contributed by atoms with Crippen LogP contribution < -0.4 is 4.90 Å². The topological polar surface area (TPSA) is 66.3 Å². The predicted molar refractivity (Wildman–Crippen MR) is 55.0 cm³/mol. The Morgan fingerprint density at radius 1 is 1.60 bits per heavy atom. The van der Waals surface area contributed by atoms with Gasteiger partial charge >= 0.3 is 5.97 Å². The lowest BCUT2D eigenvalue weighted by Gasteiger charge is -2.16. The third-order valence-electron chi connectivity index (χ3n) is 2.48. The Hall–Kier alpha value is -1.36. The molecule has 1 aliphatic rings. The lowest BCUT2D eigenvalue weighted by molar-refractivity contribution is -0.140. The van der Waals surface area contributed by atoms with Crippen LogP contribution in [0.2, 0.25) is 5.15 Å². The van der Waals surface area contributed by atoms with Crippen molar-refractivity contribution in [2.24, 2.45) is 5.92 Å². The van der Waals surface area contributed by atoms with Gasteiger partial charge in [0, 0.05) is 19.2 Å². The quantitative estimate of drug-likeness (QED) is 0.765. The van der Waals surface area contributed by atoms with Crippen LogP contribution in [-0.4, -0.2) is 34.1 Å². The van der Waals surface area contributed by atoms with Crippen LogP contribution in [0.5, 0.6) is 0 Å². The van der Waals surface area contributed by atoms with Crippen molar-refractivity contribution in [2.45, 2.75) is 6.42 Å². The average molecular weight is 228 g/mol. The highest BCUT2D eigenvalue weighted by Gasteiger charge is 2.28. The van der Waals surface area contributed by atoms with Gasteiger partial charge in [0.2, 0.25) is 0 Å². The van der Waals surface area contributed by atoms with E-state index in [9.17, 15) is 4.79 Å². The second-order valence-corrected chi connectivity index (χ2v) is 3.86. The summed E-state index contributed by atoms with van der Waals surface area (Å²) in [5.74, 6) is -0.366. The largest absolute Gasteiger partial charge is 0.481 e. The molecule has 0 aliphatic carbocycles. The number of carbonyl (C=O) groups is 1. The summed E-state index contributed by atoms with van der Waals surface area (Å²) in [6, 6.07) is 1.64. The number of rotatable bonds is 2. The number of hydrogen-bond donors (Lipinski definition) is 1. The van der Waals surface area contributed by atoms with Crippen LogP contribution in [-0.2, 0) is 4.79 Å². The SMILES string of the molecule is O=C(O)C1CCN(c2cc(Cl)ncn2)C1. The summed E-state index contributed by atoms with van der Waals surface area (Å²) in [4.78, 5) is 20.5. The molecule has 15 heavy (non-hydrogen) atoms. The highest BCUT2D eigenvalue weighted by molar-refractivity contribution is 6.29. The van der Waals surface area contributed by atoms with Crippen molar-refractivity contribution in [3.8, 4) is 0 Å². The number of carboxylic acids is 1. The monoisotopic (exact) mass is 227 g/mol. The summed E-state index contributed by atoms with van der Waals surface area (Å²) in [6.07, 6.45) is 2.03. The fraction of sp³-hybridized carbons (Fsp3) is 0.444. The Kier molecular flexibility index (Phi) is 2.73. The first-order valence-electron chi connectivity index (χ1n) is 4.62. The number of aliphatic carboxylic acids is 1. The molecular weight excluding hydrogens is 218 g/mol. The molecule has 5 nitrogen and oxygen atoms in total. The van der Waals surface area contributed by atoms with Gasteiger partial charge in [-0.3, -0.25) is 4.79 Å². The molecule has 0 amide bonds. The highest BCUT2D eigenvalue weighted by Crippen LogP contribution is 2.23. The Bertz CT molecular complexity index is 385. The summed E-state index contributed by atoms with van der Waals surface area (Å²) in [5.41, 5.74) is 0. The molecule has 0 saturated carbocycles. The van der Waals surface area contributed by atoms with Crippen molar-refractivity contribution in [3.63, 3.8) is 0 Å². The van der Waals surface area contributed by atoms with E-state index in [-0.39, 0.29) is 5.92 Å². The molecule has 0 spiro atoms. The lowest BCUT2D eigenvalue weighted by atomic mass is 10.1. The van der Waals surface area contributed by atoms with E-state index in [4.69, 9.17) is 16.7 Å². The molecule has 0 radical (unpaired) electrons. The molecule has 2 rings (SSSR count). The molecule has 1 aromatic rings. The Balaban J connectivity index is 2.11. The summed E-state index contributed by atoms with van der Waals surface area (Å²) >= 11 is 5.73. The Labute approximate surface area is 91.7 Å². The minimum Gasteiger partial charge on any atom is -0.481 e. The minimum absolute atomic E-state index is 0.307. The van der Waals surface area contributed by atoms with Crippen LogP contribution >= 0.6 is 11.6 Å². The number of nitrogens with zero attached hydrogens (tertiary/aromatic N) is 3. The number of anilines is 1. The van der Waals surface area contributed by atoms with Crippen LogP contribution in [0.1, 0.15) is 6.42 Å². The molecule has 6 heteroatoms. The molecule has 0 bridgehead atoms. The normalized spacial score (nSPS) is 20.6. The smallest absolute Gasteiger partial charge is 0.308 e. The maximum absolute atomic E-state index is 10.8. The van der Waals surface area contributed by atoms with Gasteiger partial charge in [-0.05, 0) is 6.42 Å². The molecule has 1 fully saturated rings. The molecule has 0 aromatic carbocycles. The van der Waals surface area contributed by atoms with Gasteiger partial charge in [0.25, 0.3) is 0 Å². The zero-order chi connectivity index (χ0) is 10.8. The first kappa shape index (κ1) is 10.2.